The van der Waals surface area contributed by atoms with E-state index < -0.39 is 0 Å². The molecule has 1 rings (SSSR count). The number of hydrogen-bond acceptors (Lipinski definition) is 2. The minimum atomic E-state index is 0.264. The van der Waals surface area contributed by atoms with Crippen LogP contribution in [0, 0.1) is 6.92 Å². The van der Waals surface area contributed by atoms with Gasteiger partial charge in [0.2, 0.25) is 0 Å². The van der Waals surface area contributed by atoms with Crippen LogP contribution in [0.3, 0.4) is 0 Å². The number of phenols is 1. The van der Waals surface area contributed by atoms with Gasteiger partial charge in [0, 0.05) is 6.54 Å². The number of phenolic OH excluding ortho intramolecular Hbond substituents is 1. The van der Waals surface area contributed by atoms with Gasteiger partial charge in [-0.1, -0.05) is 6.07 Å². The first-order chi connectivity index (χ1) is 5.16. The van der Waals surface area contributed by atoms with Gasteiger partial charge in [-0.25, -0.2) is 0 Å². The summed E-state index contributed by atoms with van der Waals surface area (Å²) in [6.45, 7) is 2.43. The van der Waals surface area contributed by atoms with E-state index in [2.05, 4.69) is 15.9 Å². The van der Waals surface area contributed by atoms with Crippen molar-refractivity contribution in [3.63, 3.8) is 0 Å². The lowest BCUT2D eigenvalue weighted by atomic mass is 10.1. The Morgan fingerprint density at radius 2 is 2.18 bits per heavy atom. The molecule has 0 saturated heterocycles. The first kappa shape index (κ1) is 8.56. The van der Waals surface area contributed by atoms with Gasteiger partial charge in [0.25, 0.3) is 0 Å². The molecule has 0 atom stereocenters. The topological polar surface area (TPSA) is 46.2 Å². The van der Waals surface area contributed by atoms with Crippen molar-refractivity contribution >= 4 is 15.9 Å². The quantitative estimate of drug-likeness (QED) is 0.753. The van der Waals surface area contributed by atoms with Crippen LogP contribution in [-0.2, 0) is 6.54 Å². The Balaban J connectivity index is 3.25. The van der Waals surface area contributed by atoms with Crippen LogP contribution in [0.2, 0.25) is 0 Å². The van der Waals surface area contributed by atoms with Crippen LogP contribution in [0.15, 0.2) is 16.6 Å². The zero-order valence-corrected chi connectivity index (χ0v) is 7.85. The maximum absolute atomic E-state index is 9.23. The molecule has 0 saturated carbocycles. The Bertz CT molecular complexity index is 273. The number of halogens is 1. The van der Waals surface area contributed by atoms with E-state index in [0.717, 1.165) is 15.6 Å². The molecule has 0 radical (unpaired) electrons. The molecule has 3 heteroatoms. The average molecular weight is 216 g/mol. The molecule has 0 unspecified atom stereocenters. The second kappa shape index (κ2) is 3.24. The summed E-state index contributed by atoms with van der Waals surface area (Å²) >= 11 is 3.27. The Hall–Kier alpha value is -0.540. The van der Waals surface area contributed by atoms with E-state index in [1.54, 1.807) is 6.07 Å². The molecule has 0 aliphatic rings. The predicted octanol–water partition coefficient (Wildman–Crippen LogP) is 1.92. The van der Waals surface area contributed by atoms with E-state index in [1.165, 1.54) is 0 Å². The van der Waals surface area contributed by atoms with Crippen molar-refractivity contribution in [1.29, 1.82) is 0 Å². The van der Waals surface area contributed by atoms with Crippen molar-refractivity contribution in [2.24, 2.45) is 5.73 Å². The minimum absolute atomic E-state index is 0.264. The molecule has 11 heavy (non-hydrogen) atoms. The van der Waals surface area contributed by atoms with Gasteiger partial charge >= 0.3 is 0 Å². The Morgan fingerprint density at radius 3 is 2.73 bits per heavy atom. The molecule has 0 amide bonds. The molecule has 0 aromatic heterocycles. The highest BCUT2D eigenvalue weighted by Gasteiger charge is 2.04. The highest BCUT2D eigenvalue weighted by atomic mass is 79.9. The third kappa shape index (κ3) is 1.54. The molecule has 0 bridgehead atoms. The summed E-state index contributed by atoms with van der Waals surface area (Å²) in [5.74, 6) is 0.264. The van der Waals surface area contributed by atoms with E-state index in [0.29, 0.717) is 6.54 Å². The van der Waals surface area contributed by atoms with Gasteiger partial charge in [0.05, 0.1) is 4.47 Å². The van der Waals surface area contributed by atoms with E-state index in [-0.39, 0.29) is 5.75 Å². The van der Waals surface area contributed by atoms with Crippen LogP contribution in [0.5, 0.6) is 5.75 Å². The van der Waals surface area contributed by atoms with Gasteiger partial charge in [-0.2, -0.15) is 0 Å². The molecular weight excluding hydrogens is 206 g/mol. The fourth-order valence-electron chi connectivity index (χ4n) is 0.932. The lowest BCUT2D eigenvalue weighted by Gasteiger charge is -2.05. The van der Waals surface area contributed by atoms with Crippen molar-refractivity contribution in [2.75, 3.05) is 0 Å². The Morgan fingerprint density at radius 1 is 1.55 bits per heavy atom. The van der Waals surface area contributed by atoms with E-state index in [9.17, 15) is 5.11 Å². The maximum atomic E-state index is 9.23. The van der Waals surface area contributed by atoms with Crippen molar-refractivity contribution in [2.45, 2.75) is 13.5 Å². The molecule has 0 aliphatic carbocycles. The average Bonchev–Trinajstić information content (AvgIpc) is 2.01. The van der Waals surface area contributed by atoms with Gasteiger partial charge < -0.3 is 10.8 Å². The van der Waals surface area contributed by atoms with Crippen LogP contribution in [0.25, 0.3) is 0 Å². The standard InChI is InChI=1S/C8H10BrNO/c1-5-6(4-10)2-3-7(11)8(5)9/h2-3,11H,4,10H2,1H3. The van der Waals surface area contributed by atoms with Crippen molar-refractivity contribution in [3.8, 4) is 5.75 Å². The van der Waals surface area contributed by atoms with Crippen molar-refractivity contribution in [1.82, 2.24) is 0 Å². The fourth-order valence-corrected chi connectivity index (χ4v) is 1.32. The van der Waals surface area contributed by atoms with Crippen LogP contribution in [0.1, 0.15) is 11.1 Å². The third-order valence-electron chi connectivity index (χ3n) is 1.70. The summed E-state index contributed by atoms with van der Waals surface area (Å²) < 4.78 is 0.737. The van der Waals surface area contributed by atoms with Gasteiger partial charge in [0.1, 0.15) is 5.75 Å². The van der Waals surface area contributed by atoms with Gasteiger partial charge in [-0.15, -0.1) is 0 Å². The minimum Gasteiger partial charge on any atom is -0.507 e. The molecule has 60 valence electrons. The maximum Gasteiger partial charge on any atom is 0.130 e. The summed E-state index contributed by atoms with van der Waals surface area (Å²) in [5, 5.41) is 9.23. The Labute approximate surface area is 74.2 Å². The monoisotopic (exact) mass is 215 g/mol. The van der Waals surface area contributed by atoms with Crippen LogP contribution < -0.4 is 5.73 Å². The van der Waals surface area contributed by atoms with Gasteiger partial charge in [-0.3, -0.25) is 0 Å². The number of nitrogens with two attached hydrogens (primary N) is 1. The van der Waals surface area contributed by atoms with Crippen molar-refractivity contribution in [3.05, 3.63) is 27.7 Å². The largest absolute Gasteiger partial charge is 0.507 e. The molecule has 1 aromatic carbocycles. The molecule has 2 nitrogen and oxygen atoms in total. The summed E-state index contributed by atoms with van der Waals surface area (Å²) in [7, 11) is 0. The van der Waals surface area contributed by atoms with E-state index in [1.807, 2.05) is 13.0 Å². The Kier molecular flexibility index (Phi) is 2.52. The van der Waals surface area contributed by atoms with Crippen LogP contribution >= 0.6 is 15.9 Å². The summed E-state index contributed by atoms with van der Waals surface area (Å²) in [5.41, 5.74) is 7.52. The number of rotatable bonds is 1. The lowest BCUT2D eigenvalue weighted by molar-refractivity contribution is 0.471. The van der Waals surface area contributed by atoms with E-state index in [4.69, 9.17) is 5.73 Å². The summed E-state index contributed by atoms with van der Waals surface area (Å²) in [6, 6.07) is 3.47. The summed E-state index contributed by atoms with van der Waals surface area (Å²) in [4.78, 5) is 0. The third-order valence-corrected chi connectivity index (χ3v) is 2.70. The molecule has 0 aliphatic heterocycles. The molecule has 1 aromatic rings. The van der Waals surface area contributed by atoms with Crippen LogP contribution in [0.4, 0.5) is 0 Å². The lowest BCUT2D eigenvalue weighted by Crippen LogP contribution is -1.98. The second-order valence-electron chi connectivity index (χ2n) is 2.39. The number of benzene rings is 1. The van der Waals surface area contributed by atoms with Crippen LogP contribution in [-0.4, -0.2) is 5.11 Å². The second-order valence-corrected chi connectivity index (χ2v) is 3.18. The smallest absolute Gasteiger partial charge is 0.130 e. The highest BCUT2D eigenvalue weighted by Crippen LogP contribution is 2.28. The zero-order chi connectivity index (χ0) is 8.43. The summed E-state index contributed by atoms with van der Waals surface area (Å²) in [6.07, 6.45) is 0. The number of hydrogen-bond donors (Lipinski definition) is 2. The molecule has 0 fully saturated rings. The van der Waals surface area contributed by atoms with Gasteiger partial charge in [0.15, 0.2) is 0 Å². The molecule has 3 N–H and O–H groups in total. The van der Waals surface area contributed by atoms with Gasteiger partial charge in [-0.05, 0) is 40.0 Å². The molecule has 0 spiro atoms. The zero-order valence-electron chi connectivity index (χ0n) is 6.26. The van der Waals surface area contributed by atoms with E-state index >= 15 is 0 Å². The first-order valence-corrected chi connectivity index (χ1v) is 4.13. The highest BCUT2D eigenvalue weighted by molar-refractivity contribution is 9.10. The predicted molar refractivity (Wildman–Crippen MR) is 48.4 cm³/mol. The normalized spacial score (nSPS) is 10.1. The fraction of sp³-hybridized carbons (Fsp3) is 0.250. The molecule has 0 heterocycles. The first-order valence-electron chi connectivity index (χ1n) is 3.34. The SMILES string of the molecule is Cc1c(CN)ccc(O)c1Br. The van der Waals surface area contributed by atoms with Crippen molar-refractivity contribution < 1.29 is 5.11 Å². The molecular formula is C8H10BrNO. The number of aromatic hydroxyl groups is 1.